The van der Waals surface area contributed by atoms with Gasteiger partial charge in [-0.25, -0.2) is 0 Å². The average molecular weight is 212 g/mol. The van der Waals surface area contributed by atoms with E-state index in [1.165, 1.54) is 11.3 Å². The summed E-state index contributed by atoms with van der Waals surface area (Å²) >= 11 is 0. The van der Waals surface area contributed by atoms with E-state index in [-0.39, 0.29) is 0 Å². The summed E-state index contributed by atoms with van der Waals surface area (Å²) in [4.78, 5) is 8.50. The lowest BCUT2D eigenvalue weighted by molar-refractivity contribution is 0.829. The Morgan fingerprint density at radius 1 is 0.875 bits per heavy atom. The molecule has 0 unspecified atom stereocenters. The molecule has 1 saturated carbocycles. The van der Waals surface area contributed by atoms with Gasteiger partial charge in [0, 0.05) is 5.71 Å². The van der Waals surface area contributed by atoms with Gasteiger partial charge in [0.05, 0.1) is 11.4 Å². The molecule has 0 spiro atoms. The summed E-state index contributed by atoms with van der Waals surface area (Å²) in [6, 6.07) is 7.85. The zero-order valence-corrected chi connectivity index (χ0v) is 9.45. The molecule has 1 aromatic carbocycles. The van der Waals surface area contributed by atoms with Crippen LogP contribution < -0.4 is 0 Å². The van der Waals surface area contributed by atoms with Crippen LogP contribution in [0.1, 0.15) is 25.7 Å². The number of nitrogens with zero attached hydrogens (tertiary/aromatic N) is 2. The van der Waals surface area contributed by atoms with E-state index in [1.807, 2.05) is 24.3 Å². The summed E-state index contributed by atoms with van der Waals surface area (Å²) in [5.74, 6) is 0. The molecule has 2 heteroatoms. The molecule has 1 aliphatic carbocycles. The van der Waals surface area contributed by atoms with E-state index in [9.17, 15) is 0 Å². The van der Waals surface area contributed by atoms with Gasteiger partial charge in [-0.15, -0.1) is 0 Å². The van der Waals surface area contributed by atoms with Crippen LogP contribution in [-0.2, 0) is 0 Å². The Morgan fingerprint density at radius 3 is 2.00 bits per heavy atom. The monoisotopic (exact) mass is 212 g/mol. The molecule has 0 aliphatic heterocycles. The van der Waals surface area contributed by atoms with Crippen LogP contribution in [0.2, 0.25) is 0 Å². The van der Waals surface area contributed by atoms with Gasteiger partial charge < -0.3 is 0 Å². The predicted molar refractivity (Wildman–Crippen MR) is 70.4 cm³/mol. The third kappa shape index (κ3) is 2.66. The molecule has 16 heavy (non-hydrogen) atoms. The van der Waals surface area contributed by atoms with Crippen LogP contribution in [0.3, 0.4) is 0 Å². The Labute approximate surface area is 96.4 Å². The van der Waals surface area contributed by atoms with Crippen molar-refractivity contribution in [3.8, 4) is 0 Å². The van der Waals surface area contributed by atoms with Crippen molar-refractivity contribution < 1.29 is 0 Å². The SMILES string of the molecule is C=Nc1ccc(N=C2CCC(=C)CC2)cc1. The van der Waals surface area contributed by atoms with Gasteiger partial charge in [0.15, 0.2) is 0 Å². The Kier molecular flexibility index (Phi) is 3.30. The van der Waals surface area contributed by atoms with E-state index in [0.717, 1.165) is 37.1 Å². The number of rotatable bonds is 2. The molecule has 0 aromatic heterocycles. The number of benzene rings is 1. The van der Waals surface area contributed by atoms with Crippen molar-refractivity contribution in [2.24, 2.45) is 9.98 Å². The van der Waals surface area contributed by atoms with Crippen molar-refractivity contribution in [3.63, 3.8) is 0 Å². The fraction of sp³-hybridized carbons (Fsp3) is 0.286. The Morgan fingerprint density at radius 2 is 1.44 bits per heavy atom. The lowest BCUT2D eigenvalue weighted by atomic mass is 9.94. The van der Waals surface area contributed by atoms with Gasteiger partial charge in [-0.3, -0.25) is 9.98 Å². The van der Waals surface area contributed by atoms with E-state index < -0.39 is 0 Å². The van der Waals surface area contributed by atoms with Crippen LogP contribution >= 0.6 is 0 Å². The first kappa shape index (κ1) is 10.8. The quantitative estimate of drug-likeness (QED) is 0.518. The Balaban J connectivity index is 2.10. The maximum Gasteiger partial charge on any atom is 0.0630 e. The van der Waals surface area contributed by atoms with Crippen LogP contribution in [0.15, 0.2) is 46.4 Å². The Bertz CT molecular complexity index is 415. The van der Waals surface area contributed by atoms with Gasteiger partial charge in [0.2, 0.25) is 0 Å². The first-order chi connectivity index (χ1) is 7.78. The van der Waals surface area contributed by atoms with Crippen molar-refractivity contribution in [3.05, 3.63) is 36.4 Å². The normalized spacial score (nSPS) is 16.0. The summed E-state index contributed by atoms with van der Waals surface area (Å²) < 4.78 is 0. The van der Waals surface area contributed by atoms with E-state index >= 15 is 0 Å². The highest BCUT2D eigenvalue weighted by Crippen LogP contribution is 2.24. The molecule has 2 rings (SSSR count). The first-order valence-corrected chi connectivity index (χ1v) is 5.58. The topological polar surface area (TPSA) is 24.7 Å². The largest absolute Gasteiger partial charge is 0.265 e. The molecule has 1 fully saturated rings. The van der Waals surface area contributed by atoms with Gasteiger partial charge in [0.25, 0.3) is 0 Å². The molecule has 0 radical (unpaired) electrons. The van der Waals surface area contributed by atoms with Gasteiger partial charge in [-0.2, -0.15) is 0 Å². The minimum Gasteiger partial charge on any atom is -0.265 e. The molecule has 2 nitrogen and oxygen atoms in total. The lowest BCUT2D eigenvalue weighted by Crippen LogP contribution is -2.05. The minimum absolute atomic E-state index is 0.890. The van der Waals surface area contributed by atoms with Crippen LogP contribution in [0.4, 0.5) is 11.4 Å². The fourth-order valence-electron chi connectivity index (χ4n) is 1.82. The predicted octanol–water partition coefficient (Wildman–Crippen LogP) is 4.22. The van der Waals surface area contributed by atoms with Crippen molar-refractivity contribution in [1.82, 2.24) is 0 Å². The standard InChI is InChI=1S/C14H16N2/c1-11-3-5-13(6-4-11)16-14-9-7-12(15-2)8-10-14/h7-10H,1-6H2. The van der Waals surface area contributed by atoms with Gasteiger partial charge in [0.1, 0.15) is 0 Å². The van der Waals surface area contributed by atoms with Gasteiger partial charge in [-0.1, -0.05) is 12.2 Å². The van der Waals surface area contributed by atoms with Crippen LogP contribution in [0, 0.1) is 0 Å². The highest BCUT2D eigenvalue weighted by molar-refractivity contribution is 5.88. The van der Waals surface area contributed by atoms with E-state index in [1.54, 1.807) is 0 Å². The van der Waals surface area contributed by atoms with E-state index in [2.05, 4.69) is 23.3 Å². The third-order valence-corrected chi connectivity index (χ3v) is 2.85. The summed E-state index contributed by atoms with van der Waals surface area (Å²) in [7, 11) is 0. The van der Waals surface area contributed by atoms with Gasteiger partial charge >= 0.3 is 0 Å². The molecule has 0 saturated heterocycles. The third-order valence-electron chi connectivity index (χ3n) is 2.85. The number of aliphatic imine (C=N–C) groups is 2. The number of hydrogen-bond donors (Lipinski definition) is 0. The van der Waals surface area contributed by atoms with Gasteiger partial charge in [-0.05, 0) is 56.7 Å². The smallest absolute Gasteiger partial charge is 0.0630 e. The fourth-order valence-corrected chi connectivity index (χ4v) is 1.82. The maximum atomic E-state index is 4.64. The minimum atomic E-state index is 0.890. The van der Waals surface area contributed by atoms with Crippen molar-refractivity contribution in [2.75, 3.05) is 0 Å². The lowest BCUT2D eigenvalue weighted by Gasteiger charge is -2.14. The van der Waals surface area contributed by atoms with Crippen molar-refractivity contribution >= 4 is 23.8 Å². The van der Waals surface area contributed by atoms with Crippen molar-refractivity contribution in [2.45, 2.75) is 25.7 Å². The molecular formula is C14H16N2. The molecule has 0 amide bonds. The molecule has 0 atom stereocenters. The average Bonchev–Trinajstić information content (AvgIpc) is 2.33. The van der Waals surface area contributed by atoms with Crippen LogP contribution in [0.5, 0.6) is 0 Å². The highest BCUT2D eigenvalue weighted by Gasteiger charge is 2.09. The summed E-state index contributed by atoms with van der Waals surface area (Å²) in [6.07, 6.45) is 4.29. The molecule has 1 aliphatic rings. The molecular weight excluding hydrogens is 196 g/mol. The molecule has 1 aromatic rings. The summed E-state index contributed by atoms with van der Waals surface area (Å²) in [6.45, 7) is 7.49. The van der Waals surface area contributed by atoms with Crippen molar-refractivity contribution in [1.29, 1.82) is 0 Å². The molecule has 82 valence electrons. The van der Waals surface area contributed by atoms with Crippen LogP contribution in [0.25, 0.3) is 0 Å². The second-order valence-electron chi connectivity index (χ2n) is 4.10. The zero-order chi connectivity index (χ0) is 11.4. The Hall–Kier alpha value is -1.70. The summed E-state index contributed by atoms with van der Waals surface area (Å²) in [5, 5.41) is 0. The van der Waals surface area contributed by atoms with E-state index in [0.29, 0.717) is 0 Å². The zero-order valence-electron chi connectivity index (χ0n) is 9.45. The first-order valence-electron chi connectivity index (χ1n) is 5.58. The maximum absolute atomic E-state index is 4.64. The van der Waals surface area contributed by atoms with E-state index in [4.69, 9.17) is 0 Å². The number of hydrogen-bond acceptors (Lipinski definition) is 2. The second kappa shape index (κ2) is 4.88. The number of allylic oxidation sites excluding steroid dienone is 1. The molecule has 0 N–H and O–H groups in total. The second-order valence-corrected chi connectivity index (χ2v) is 4.10. The van der Waals surface area contributed by atoms with Crippen LogP contribution in [-0.4, -0.2) is 12.4 Å². The molecule has 0 bridgehead atoms. The summed E-state index contributed by atoms with van der Waals surface area (Å²) in [5.41, 5.74) is 4.53. The highest BCUT2D eigenvalue weighted by atomic mass is 14.8. The molecule has 0 heterocycles.